The van der Waals surface area contributed by atoms with Crippen molar-refractivity contribution in [1.82, 2.24) is 15.4 Å². The summed E-state index contributed by atoms with van der Waals surface area (Å²) in [5.74, 6) is 1.40. The second kappa shape index (κ2) is 6.08. The van der Waals surface area contributed by atoms with Crippen molar-refractivity contribution in [3.8, 4) is 0 Å². The molecule has 1 N–H and O–H groups in total. The molecule has 2 heterocycles. The Morgan fingerprint density at radius 1 is 1.63 bits per heavy atom. The van der Waals surface area contributed by atoms with Gasteiger partial charge >= 0.3 is 6.03 Å². The normalized spacial score (nSPS) is 19.2. The first-order valence-electron chi connectivity index (χ1n) is 7.05. The molecule has 19 heavy (non-hydrogen) atoms. The SMILES string of the molecule is Cc1cc([C@@H]2CCCN2C(=O)NCCC(C)C)no1. The van der Waals surface area contributed by atoms with Gasteiger partial charge in [-0.3, -0.25) is 0 Å². The maximum absolute atomic E-state index is 12.2. The van der Waals surface area contributed by atoms with Crippen LogP contribution in [0.15, 0.2) is 10.6 Å². The molecule has 0 unspecified atom stereocenters. The van der Waals surface area contributed by atoms with Crippen molar-refractivity contribution >= 4 is 6.03 Å². The number of amides is 2. The number of nitrogens with zero attached hydrogens (tertiary/aromatic N) is 2. The molecule has 106 valence electrons. The predicted molar refractivity (Wildman–Crippen MR) is 72.8 cm³/mol. The highest BCUT2D eigenvalue weighted by Gasteiger charge is 2.31. The molecule has 5 nitrogen and oxygen atoms in total. The van der Waals surface area contributed by atoms with E-state index >= 15 is 0 Å². The summed E-state index contributed by atoms with van der Waals surface area (Å²) < 4.78 is 5.11. The van der Waals surface area contributed by atoms with E-state index < -0.39 is 0 Å². The topological polar surface area (TPSA) is 58.4 Å². The van der Waals surface area contributed by atoms with Crippen molar-refractivity contribution in [3.63, 3.8) is 0 Å². The zero-order chi connectivity index (χ0) is 13.8. The number of likely N-dealkylation sites (tertiary alicyclic amines) is 1. The minimum atomic E-state index is 0.0174. The van der Waals surface area contributed by atoms with Crippen LogP contribution in [0.1, 0.15) is 50.6 Å². The smallest absolute Gasteiger partial charge is 0.317 e. The number of hydrogen-bond donors (Lipinski definition) is 1. The molecule has 1 aliphatic heterocycles. The zero-order valence-electron chi connectivity index (χ0n) is 12.0. The number of hydrogen-bond acceptors (Lipinski definition) is 3. The van der Waals surface area contributed by atoms with Gasteiger partial charge in [0.2, 0.25) is 0 Å². The van der Waals surface area contributed by atoms with Gasteiger partial charge in [0.1, 0.15) is 11.5 Å². The molecule has 0 spiro atoms. The highest BCUT2D eigenvalue weighted by atomic mass is 16.5. The molecule has 0 bridgehead atoms. The molecular formula is C14H23N3O2. The van der Waals surface area contributed by atoms with Gasteiger partial charge in [-0.2, -0.15) is 0 Å². The second-order valence-corrected chi connectivity index (χ2v) is 5.63. The van der Waals surface area contributed by atoms with E-state index in [0.29, 0.717) is 5.92 Å². The first kappa shape index (κ1) is 13.9. The molecule has 0 saturated carbocycles. The monoisotopic (exact) mass is 265 g/mol. The lowest BCUT2D eigenvalue weighted by Gasteiger charge is -2.23. The van der Waals surface area contributed by atoms with Gasteiger partial charge in [-0.05, 0) is 32.1 Å². The maximum atomic E-state index is 12.2. The van der Waals surface area contributed by atoms with Crippen LogP contribution in [0.5, 0.6) is 0 Å². The Hall–Kier alpha value is -1.52. The molecule has 2 rings (SSSR count). The maximum Gasteiger partial charge on any atom is 0.317 e. The number of rotatable bonds is 4. The number of nitrogens with one attached hydrogen (secondary N) is 1. The summed E-state index contributed by atoms with van der Waals surface area (Å²) >= 11 is 0. The van der Waals surface area contributed by atoms with Crippen LogP contribution in [0.25, 0.3) is 0 Å². The van der Waals surface area contributed by atoms with Crippen LogP contribution in [0.4, 0.5) is 4.79 Å². The molecule has 0 aliphatic carbocycles. The third-order valence-corrected chi connectivity index (χ3v) is 3.50. The highest BCUT2D eigenvalue weighted by molar-refractivity contribution is 5.75. The Morgan fingerprint density at radius 2 is 2.42 bits per heavy atom. The molecule has 1 aliphatic rings. The molecule has 0 aromatic carbocycles. The van der Waals surface area contributed by atoms with E-state index in [-0.39, 0.29) is 12.1 Å². The van der Waals surface area contributed by atoms with E-state index in [1.54, 1.807) is 0 Å². The van der Waals surface area contributed by atoms with E-state index in [9.17, 15) is 4.79 Å². The minimum Gasteiger partial charge on any atom is -0.361 e. The predicted octanol–water partition coefficient (Wildman–Crippen LogP) is 2.88. The molecule has 5 heteroatoms. The summed E-state index contributed by atoms with van der Waals surface area (Å²) in [5.41, 5.74) is 0.869. The fourth-order valence-corrected chi connectivity index (χ4v) is 2.43. The van der Waals surface area contributed by atoms with Gasteiger partial charge in [-0.1, -0.05) is 19.0 Å². The molecule has 1 atom stereocenters. The van der Waals surface area contributed by atoms with Crippen LogP contribution in [0.3, 0.4) is 0 Å². The van der Waals surface area contributed by atoms with Gasteiger partial charge in [-0.15, -0.1) is 0 Å². The van der Waals surface area contributed by atoms with E-state index in [1.807, 2.05) is 17.9 Å². The van der Waals surface area contributed by atoms with Crippen molar-refractivity contribution in [2.45, 2.75) is 46.1 Å². The van der Waals surface area contributed by atoms with Crippen molar-refractivity contribution in [3.05, 3.63) is 17.5 Å². The average molecular weight is 265 g/mol. The Labute approximate surface area is 114 Å². The van der Waals surface area contributed by atoms with Crippen molar-refractivity contribution in [2.24, 2.45) is 5.92 Å². The molecule has 1 aromatic rings. The molecule has 1 saturated heterocycles. The van der Waals surface area contributed by atoms with Crippen LogP contribution in [-0.2, 0) is 0 Å². The van der Waals surface area contributed by atoms with Crippen molar-refractivity contribution < 1.29 is 9.32 Å². The minimum absolute atomic E-state index is 0.0174. The van der Waals surface area contributed by atoms with Crippen LogP contribution in [0.2, 0.25) is 0 Å². The van der Waals surface area contributed by atoms with Gasteiger partial charge in [0.05, 0.1) is 6.04 Å². The number of carbonyl (C=O) groups is 1. The fourth-order valence-electron chi connectivity index (χ4n) is 2.43. The zero-order valence-corrected chi connectivity index (χ0v) is 12.0. The summed E-state index contributed by atoms with van der Waals surface area (Å²) in [6.45, 7) is 7.71. The fraction of sp³-hybridized carbons (Fsp3) is 0.714. The van der Waals surface area contributed by atoms with Gasteiger partial charge in [0.15, 0.2) is 0 Å². The first-order chi connectivity index (χ1) is 9.08. The number of aromatic nitrogens is 1. The summed E-state index contributed by atoms with van der Waals surface area (Å²) in [6.07, 6.45) is 2.99. The Kier molecular flexibility index (Phi) is 4.45. The molecule has 2 amide bonds. The standard InChI is InChI=1S/C14H23N3O2/c1-10(2)6-7-15-14(18)17-8-4-5-13(17)12-9-11(3)19-16-12/h9-10,13H,4-8H2,1-3H3,(H,15,18)/t13-/m0/s1. The lowest BCUT2D eigenvalue weighted by Crippen LogP contribution is -2.40. The number of aryl methyl sites for hydroxylation is 1. The lowest BCUT2D eigenvalue weighted by molar-refractivity contribution is 0.190. The van der Waals surface area contributed by atoms with Gasteiger partial charge in [0, 0.05) is 19.2 Å². The lowest BCUT2D eigenvalue weighted by atomic mass is 10.1. The molecule has 1 fully saturated rings. The van der Waals surface area contributed by atoms with Crippen LogP contribution in [0, 0.1) is 12.8 Å². The van der Waals surface area contributed by atoms with Gasteiger partial charge in [0.25, 0.3) is 0 Å². The van der Waals surface area contributed by atoms with E-state index in [0.717, 1.165) is 43.8 Å². The third kappa shape index (κ3) is 3.49. The summed E-state index contributed by atoms with van der Waals surface area (Å²) in [7, 11) is 0. The number of urea groups is 1. The Balaban J connectivity index is 1.93. The van der Waals surface area contributed by atoms with Crippen molar-refractivity contribution in [1.29, 1.82) is 0 Å². The third-order valence-electron chi connectivity index (χ3n) is 3.50. The molecule has 0 radical (unpaired) electrons. The van der Waals surface area contributed by atoms with Gasteiger partial charge < -0.3 is 14.7 Å². The van der Waals surface area contributed by atoms with Crippen LogP contribution < -0.4 is 5.32 Å². The second-order valence-electron chi connectivity index (χ2n) is 5.63. The largest absolute Gasteiger partial charge is 0.361 e. The number of carbonyl (C=O) groups excluding carboxylic acids is 1. The van der Waals surface area contributed by atoms with Crippen LogP contribution in [-0.4, -0.2) is 29.2 Å². The summed E-state index contributed by atoms with van der Waals surface area (Å²) in [6, 6.07) is 2.00. The van der Waals surface area contributed by atoms with Crippen molar-refractivity contribution in [2.75, 3.05) is 13.1 Å². The van der Waals surface area contributed by atoms with Crippen LogP contribution >= 0.6 is 0 Å². The summed E-state index contributed by atoms with van der Waals surface area (Å²) in [5, 5.41) is 7.03. The van der Waals surface area contributed by atoms with Gasteiger partial charge in [-0.25, -0.2) is 4.79 Å². The summed E-state index contributed by atoms with van der Waals surface area (Å²) in [4.78, 5) is 14.0. The highest BCUT2D eigenvalue weighted by Crippen LogP contribution is 2.31. The van der Waals surface area contributed by atoms with E-state index in [4.69, 9.17) is 4.52 Å². The first-order valence-corrected chi connectivity index (χ1v) is 7.05. The van der Waals surface area contributed by atoms with E-state index in [1.165, 1.54) is 0 Å². The Morgan fingerprint density at radius 3 is 3.05 bits per heavy atom. The Bertz CT molecular complexity index is 428. The molecule has 1 aromatic heterocycles. The van der Waals surface area contributed by atoms with E-state index in [2.05, 4.69) is 24.3 Å². The quantitative estimate of drug-likeness (QED) is 0.910. The molecular weight excluding hydrogens is 242 g/mol. The average Bonchev–Trinajstić information content (AvgIpc) is 2.96.